The Bertz CT molecular complexity index is 554. The molecule has 1 atom stereocenters. The minimum atomic E-state index is -0.895. The van der Waals surface area contributed by atoms with Gasteiger partial charge in [-0.1, -0.05) is 49.4 Å². The molecule has 19 heavy (non-hydrogen) atoms. The van der Waals surface area contributed by atoms with E-state index < -0.39 is 17.2 Å². The molecule has 0 amide bonds. The maximum Gasteiger partial charge on any atom is 0.163 e. The third-order valence-electron chi connectivity index (χ3n) is 3.48. The van der Waals surface area contributed by atoms with E-state index >= 15 is 0 Å². The zero-order valence-corrected chi connectivity index (χ0v) is 10.9. The van der Waals surface area contributed by atoms with Gasteiger partial charge in [0.2, 0.25) is 0 Å². The number of hydrogen-bond donors (Lipinski definition) is 1. The van der Waals surface area contributed by atoms with Crippen LogP contribution in [0, 0.1) is 11.6 Å². The molecule has 1 nitrogen and oxygen atoms in total. The van der Waals surface area contributed by atoms with E-state index in [1.165, 1.54) is 6.07 Å². The summed E-state index contributed by atoms with van der Waals surface area (Å²) in [5.41, 5.74) is 6.66. The topological polar surface area (TPSA) is 26.0 Å². The van der Waals surface area contributed by atoms with Gasteiger partial charge in [-0.05, 0) is 24.5 Å². The Morgan fingerprint density at radius 1 is 1.00 bits per heavy atom. The van der Waals surface area contributed by atoms with Crippen molar-refractivity contribution in [2.75, 3.05) is 0 Å². The molecular weight excluding hydrogens is 244 g/mol. The molecule has 0 bridgehead atoms. The van der Waals surface area contributed by atoms with Crippen LogP contribution in [0.4, 0.5) is 8.78 Å². The van der Waals surface area contributed by atoms with E-state index in [-0.39, 0.29) is 5.56 Å². The molecule has 0 radical (unpaired) electrons. The molecule has 2 N–H and O–H groups in total. The first-order valence-corrected chi connectivity index (χ1v) is 6.34. The molecule has 0 spiro atoms. The SMILES string of the molecule is CCC(N)(Cc1ccccc1)c1cccc(F)c1F. The lowest BCUT2D eigenvalue weighted by Gasteiger charge is -2.29. The summed E-state index contributed by atoms with van der Waals surface area (Å²) < 4.78 is 27.3. The summed E-state index contributed by atoms with van der Waals surface area (Å²) in [4.78, 5) is 0. The van der Waals surface area contributed by atoms with E-state index in [2.05, 4.69) is 0 Å². The van der Waals surface area contributed by atoms with Crippen molar-refractivity contribution in [3.63, 3.8) is 0 Å². The molecule has 0 fully saturated rings. The molecular formula is C16H17F2N. The van der Waals surface area contributed by atoms with Gasteiger partial charge in [-0.2, -0.15) is 0 Å². The highest BCUT2D eigenvalue weighted by atomic mass is 19.2. The van der Waals surface area contributed by atoms with E-state index in [0.717, 1.165) is 11.6 Å². The van der Waals surface area contributed by atoms with Crippen molar-refractivity contribution in [3.05, 3.63) is 71.3 Å². The lowest BCUT2D eigenvalue weighted by molar-refractivity contribution is 0.388. The lowest BCUT2D eigenvalue weighted by Crippen LogP contribution is -2.39. The van der Waals surface area contributed by atoms with E-state index in [0.29, 0.717) is 12.8 Å². The molecule has 1 unspecified atom stereocenters. The van der Waals surface area contributed by atoms with Gasteiger partial charge < -0.3 is 5.73 Å². The first kappa shape index (κ1) is 13.7. The maximum atomic E-state index is 13.9. The Labute approximate surface area is 112 Å². The van der Waals surface area contributed by atoms with Crippen LogP contribution in [0.25, 0.3) is 0 Å². The van der Waals surface area contributed by atoms with Gasteiger partial charge in [0.25, 0.3) is 0 Å². The molecule has 100 valence electrons. The van der Waals surface area contributed by atoms with Crippen molar-refractivity contribution in [1.82, 2.24) is 0 Å². The molecule has 0 aliphatic carbocycles. The van der Waals surface area contributed by atoms with Crippen LogP contribution in [0.15, 0.2) is 48.5 Å². The molecule has 0 heterocycles. The van der Waals surface area contributed by atoms with E-state index in [1.54, 1.807) is 6.07 Å². The summed E-state index contributed by atoms with van der Waals surface area (Å²) in [5.74, 6) is -1.70. The van der Waals surface area contributed by atoms with Crippen LogP contribution < -0.4 is 5.73 Å². The van der Waals surface area contributed by atoms with Gasteiger partial charge in [-0.3, -0.25) is 0 Å². The maximum absolute atomic E-state index is 13.9. The molecule has 0 aromatic heterocycles. The molecule has 0 saturated heterocycles. The standard InChI is InChI=1S/C16H17F2N/c1-2-16(19,11-12-7-4-3-5-8-12)13-9-6-10-14(17)15(13)18/h3-10H,2,11,19H2,1H3. The largest absolute Gasteiger partial charge is 0.321 e. The van der Waals surface area contributed by atoms with Crippen molar-refractivity contribution in [1.29, 1.82) is 0 Å². The molecule has 2 aromatic rings. The Morgan fingerprint density at radius 2 is 1.68 bits per heavy atom. The van der Waals surface area contributed by atoms with Crippen LogP contribution >= 0.6 is 0 Å². The third kappa shape index (κ3) is 2.82. The zero-order valence-electron chi connectivity index (χ0n) is 10.9. The van der Waals surface area contributed by atoms with Crippen LogP contribution in [0.3, 0.4) is 0 Å². The van der Waals surface area contributed by atoms with Crippen LogP contribution in [-0.4, -0.2) is 0 Å². The first-order chi connectivity index (χ1) is 9.07. The van der Waals surface area contributed by atoms with Crippen LogP contribution in [0.5, 0.6) is 0 Å². The average molecular weight is 261 g/mol. The van der Waals surface area contributed by atoms with E-state index in [4.69, 9.17) is 5.73 Å². The predicted molar refractivity (Wildman–Crippen MR) is 72.7 cm³/mol. The van der Waals surface area contributed by atoms with Crippen molar-refractivity contribution in [2.45, 2.75) is 25.3 Å². The summed E-state index contributed by atoms with van der Waals surface area (Å²) in [6.07, 6.45) is 1.01. The summed E-state index contributed by atoms with van der Waals surface area (Å²) in [7, 11) is 0. The summed E-state index contributed by atoms with van der Waals surface area (Å²) in [6, 6.07) is 13.8. The van der Waals surface area contributed by atoms with Crippen molar-refractivity contribution >= 4 is 0 Å². The molecule has 0 saturated carbocycles. The summed E-state index contributed by atoms with van der Waals surface area (Å²) in [5, 5.41) is 0. The monoisotopic (exact) mass is 261 g/mol. The van der Waals surface area contributed by atoms with Crippen LogP contribution in [0.2, 0.25) is 0 Å². The summed E-state index contributed by atoms with van der Waals surface area (Å²) in [6.45, 7) is 1.88. The third-order valence-corrected chi connectivity index (χ3v) is 3.48. The minimum Gasteiger partial charge on any atom is -0.321 e. The molecule has 2 rings (SSSR count). The number of hydrogen-bond acceptors (Lipinski definition) is 1. The average Bonchev–Trinajstić information content (AvgIpc) is 2.43. The highest BCUT2D eigenvalue weighted by Crippen LogP contribution is 2.29. The first-order valence-electron chi connectivity index (χ1n) is 6.34. The van der Waals surface area contributed by atoms with E-state index in [1.807, 2.05) is 37.3 Å². The van der Waals surface area contributed by atoms with E-state index in [9.17, 15) is 8.78 Å². The predicted octanol–water partition coefficient (Wildman–Crippen LogP) is 3.77. The second kappa shape index (κ2) is 5.49. The zero-order chi connectivity index (χ0) is 13.9. The highest BCUT2D eigenvalue weighted by molar-refractivity contribution is 5.30. The van der Waals surface area contributed by atoms with Crippen molar-refractivity contribution < 1.29 is 8.78 Å². The van der Waals surface area contributed by atoms with Gasteiger partial charge in [0.15, 0.2) is 11.6 Å². The minimum absolute atomic E-state index is 0.235. The van der Waals surface area contributed by atoms with Gasteiger partial charge in [0.05, 0.1) is 0 Å². The van der Waals surface area contributed by atoms with Gasteiger partial charge in [-0.25, -0.2) is 8.78 Å². The molecule has 0 aliphatic heterocycles. The second-order valence-corrected chi connectivity index (χ2v) is 4.77. The van der Waals surface area contributed by atoms with Crippen LogP contribution in [0.1, 0.15) is 24.5 Å². The second-order valence-electron chi connectivity index (χ2n) is 4.77. The van der Waals surface area contributed by atoms with Crippen LogP contribution in [-0.2, 0) is 12.0 Å². The Hall–Kier alpha value is -1.74. The van der Waals surface area contributed by atoms with Gasteiger partial charge in [0.1, 0.15) is 0 Å². The number of rotatable bonds is 4. The lowest BCUT2D eigenvalue weighted by atomic mass is 9.82. The fourth-order valence-corrected chi connectivity index (χ4v) is 2.26. The molecule has 2 aromatic carbocycles. The number of nitrogens with two attached hydrogens (primary N) is 1. The quantitative estimate of drug-likeness (QED) is 0.890. The Kier molecular flexibility index (Phi) is 3.96. The fourth-order valence-electron chi connectivity index (χ4n) is 2.26. The highest BCUT2D eigenvalue weighted by Gasteiger charge is 2.29. The van der Waals surface area contributed by atoms with Crippen molar-refractivity contribution in [3.8, 4) is 0 Å². The van der Waals surface area contributed by atoms with Gasteiger partial charge in [-0.15, -0.1) is 0 Å². The molecule has 3 heteroatoms. The number of benzene rings is 2. The van der Waals surface area contributed by atoms with Crippen molar-refractivity contribution in [2.24, 2.45) is 5.73 Å². The Morgan fingerprint density at radius 3 is 2.32 bits per heavy atom. The normalized spacial score (nSPS) is 14.1. The number of halogens is 2. The Balaban J connectivity index is 2.40. The van der Waals surface area contributed by atoms with Gasteiger partial charge >= 0.3 is 0 Å². The summed E-state index contributed by atoms with van der Waals surface area (Å²) >= 11 is 0. The molecule has 0 aliphatic rings. The fraction of sp³-hybridized carbons (Fsp3) is 0.250. The van der Waals surface area contributed by atoms with Gasteiger partial charge in [0, 0.05) is 11.1 Å². The smallest absolute Gasteiger partial charge is 0.163 e.